The van der Waals surface area contributed by atoms with Gasteiger partial charge in [-0.05, 0) is 23.6 Å². The molecule has 0 saturated heterocycles. The van der Waals surface area contributed by atoms with Gasteiger partial charge in [0.1, 0.15) is 17.2 Å². The maximum absolute atomic E-state index is 9.22. The summed E-state index contributed by atoms with van der Waals surface area (Å²) in [5, 5.41) is 9.22. The number of anilines is 1. The Morgan fingerprint density at radius 3 is 2.48 bits per heavy atom. The third-order valence-corrected chi connectivity index (χ3v) is 3.67. The second kappa shape index (κ2) is 5.58. The molecule has 4 nitrogen and oxygen atoms in total. The largest absolute Gasteiger partial charge is 0.392 e. The van der Waals surface area contributed by atoms with Crippen molar-refractivity contribution >= 4 is 11.5 Å². The Kier molecular flexibility index (Phi) is 3.62. The number of pyridine rings is 1. The van der Waals surface area contributed by atoms with Gasteiger partial charge >= 0.3 is 0 Å². The maximum Gasteiger partial charge on any atom is 0.139 e. The molecule has 0 unspecified atom stereocenters. The van der Waals surface area contributed by atoms with E-state index in [1.807, 2.05) is 22.7 Å². The summed E-state index contributed by atoms with van der Waals surface area (Å²) >= 11 is 0. The molecule has 0 aliphatic carbocycles. The number of imidazole rings is 1. The van der Waals surface area contributed by atoms with Gasteiger partial charge in [0, 0.05) is 11.8 Å². The maximum atomic E-state index is 9.22. The van der Waals surface area contributed by atoms with Gasteiger partial charge in [-0.25, -0.2) is 4.98 Å². The summed E-state index contributed by atoms with van der Waals surface area (Å²) in [6, 6.07) is 12.1. The van der Waals surface area contributed by atoms with Crippen LogP contribution in [0.15, 0.2) is 42.6 Å². The number of nitrogen functional groups attached to an aromatic ring is 1. The number of hydrogen-bond acceptors (Lipinski definition) is 3. The van der Waals surface area contributed by atoms with Crippen LogP contribution in [-0.2, 0) is 13.0 Å². The Labute approximate surface area is 123 Å². The van der Waals surface area contributed by atoms with Gasteiger partial charge in [-0.15, -0.1) is 0 Å². The molecule has 0 amide bonds. The van der Waals surface area contributed by atoms with Gasteiger partial charge in [-0.3, -0.25) is 4.40 Å². The van der Waals surface area contributed by atoms with Gasteiger partial charge in [0.25, 0.3) is 0 Å². The average molecular weight is 281 g/mol. The molecule has 21 heavy (non-hydrogen) atoms. The molecule has 0 bridgehead atoms. The van der Waals surface area contributed by atoms with Crippen LogP contribution < -0.4 is 5.73 Å². The molecule has 0 fully saturated rings. The summed E-state index contributed by atoms with van der Waals surface area (Å²) in [7, 11) is 0. The van der Waals surface area contributed by atoms with Crippen LogP contribution >= 0.6 is 0 Å². The summed E-state index contributed by atoms with van der Waals surface area (Å²) in [5.41, 5.74) is 10.9. The topological polar surface area (TPSA) is 63.5 Å². The zero-order chi connectivity index (χ0) is 14.8. The lowest BCUT2D eigenvalue weighted by atomic mass is 10.1. The van der Waals surface area contributed by atoms with Gasteiger partial charge in [0.15, 0.2) is 0 Å². The number of nitrogens with two attached hydrogens (primary N) is 1. The lowest BCUT2D eigenvalue weighted by molar-refractivity contribution is 0.281. The number of benzene rings is 1. The van der Waals surface area contributed by atoms with E-state index in [4.69, 9.17) is 5.73 Å². The van der Waals surface area contributed by atoms with Crippen LogP contribution in [0, 0.1) is 0 Å². The Bertz CT molecular complexity index is 760. The van der Waals surface area contributed by atoms with E-state index in [2.05, 4.69) is 36.2 Å². The number of aliphatic hydroxyl groups excluding tert-OH is 1. The van der Waals surface area contributed by atoms with Crippen LogP contribution in [-0.4, -0.2) is 14.5 Å². The van der Waals surface area contributed by atoms with E-state index in [9.17, 15) is 5.11 Å². The van der Waals surface area contributed by atoms with Crippen LogP contribution in [0.5, 0.6) is 0 Å². The van der Waals surface area contributed by atoms with Gasteiger partial charge in [0.05, 0.1) is 6.61 Å². The van der Waals surface area contributed by atoms with Crippen LogP contribution in [0.4, 0.5) is 5.82 Å². The van der Waals surface area contributed by atoms with Crippen molar-refractivity contribution in [2.75, 3.05) is 5.73 Å². The molecule has 0 saturated carbocycles. The molecule has 3 rings (SSSR count). The van der Waals surface area contributed by atoms with E-state index in [0.29, 0.717) is 5.82 Å². The predicted octanol–water partition coefficient (Wildman–Crippen LogP) is 3.03. The Balaban J connectivity index is 2.05. The first kappa shape index (κ1) is 13.6. The lowest BCUT2D eigenvalue weighted by Gasteiger charge is -2.02. The number of rotatable bonds is 4. The lowest BCUT2D eigenvalue weighted by Crippen LogP contribution is -1.96. The zero-order valence-corrected chi connectivity index (χ0v) is 12.1. The second-order valence-electron chi connectivity index (χ2n) is 5.22. The summed E-state index contributed by atoms with van der Waals surface area (Å²) in [4.78, 5) is 4.59. The van der Waals surface area contributed by atoms with Crippen molar-refractivity contribution in [3.63, 3.8) is 0 Å². The van der Waals surface area contributed by atoms with Crippen molar-refractivity contribution in [1.82, 2.24) is 9.38 Å². The molecule has 3 aromatic rings. The van der Waals surface area contributed by atoms with Gasteiger partial charge < -0.3 is 10.8 Å². The average Bonchev–Trinajstić information content (AvgIpc) is 2.85. The first-order valence-electron chi connectivity index (χ1n) is 7.19. The number of aliphatic hydroxyl groups is 1. The van der Waals surface area contributed by atoms with E-state index in [1.54, 1.807) is 0 Å². The predicted molar refractivity (Wildman–Crippen MR) is 85.0 cm³/mol. The Morgan fingerprint density at radius 2 is 1.81 bits per heavy atom. The molecule has 4 heteroatoms. The molecule has 2 aromatic heterocycles. The molecular weight excluding hydrogens is 262 g/mol. The van der Waals surface area contributed by atoms with Crippen molar-refractivity contribution in [1.29, 1.82) is 0 Å². The van der Waals surface area contributed by atoms with E-state index in [0.717, 1.165) is 35.3 Å². The second-order valence-corrected chi connectivity index (χ2v) is 5.22. The monoisotopic (exact) mass is 281 g/mol. The quantitative estimate of drug-likeness (QED) is 0.772. The van der Waals surface area contributed by atoms with E-state index >= 15 is 0 Å². The van der Waals surface area contributed by atoms with E-state index in [1.165, 1.54) is 5.56 Å². The highest BCUT2D eigenvalue weighted by Crippen LogP contribution is 2.27. The van der Waals surface area contributed by atoms with Crippen LogP contribution in [0.1, 0.15) is 24.5 Å². The van der Waals surface area contributed by atoms with Crippen molar-refractivity contribution < 1.29 is 5.11 Å². The summed E-state index contributed by atoms with van der Waals surface area (Å²) in [6.07, 6.45) is 4.05. The Hall–Kier alpha value is -2.33. The smallest absolute Gasteiger partial charge is 0.139 e. The molecule has 2 heterocycles. The molecule has 108 valence electrons. The number of fused-ring (bicyclic) bond motifs is 1. The highest BCUT2D eigenvalue weighted by Gasteiger charge is 2.11. The molecule has 1 aromatic carbocycles. The minimum atomic E-state index is -0.00535. The molecule has 3 N–H and O–H groups in total. The molecular formula is C17H19N3O. The zero-order valence-electron chi connectivity index (χ0n) is 12.1. The first-order chi connectivity index (χ1) is 10.2. The summed E-state index contributed by atoms with van der Waals surface area (Å²) < 4.78 is 1.82. The van der Waals surface area contributed by atoms with Gasteiger partial charge in [0.2, 0.25) is 0 Å². The number of aryl methyl sites for hydroxylation is 1. The standard InChI is InChI=1S/C17H19N3O/c1-2-3-12-4-7-14(8-5-12)16-17(18)20-10-13(11-21)6-9-15(20)19-16/h4-10,21H,2-3,11,18H2,1H3. The number of hydrogen-bond donors (Lipinski definition) is 2. The molecule has 0 aliphatic rings. The fourth-order valence-corrected chi connectivity index (χ4v) is 2.53. The summed E-state index contributed by atoms with van der Waals surface area (Å²) in [6.45, 7) is 2.17. The van der Waals surface area contributed by atoms with E-state index < -0.39 is 0 Å². The first-order valence-corrected chi connectivity index (χ1v) is 7.19. The molecule has 0 atom stereocenters. The normalized spacial score (nSPS) is 11.1. The van der Waals surface area contributed by atoms with Crippen molar-refractivity contribution in [3.05, 3.63) is 53.7 Å². The van der Waals surface area contributed by atoms with Crippen LogP contribution in [0.25, 0.3) is 16.9 Å². The number of nitrogens with zero attached hydrogens (tertiary/aromatic N) is 2. The molecule has 0 spiro atoms. The fourth-order valence-electron chi connectivity index (χ4n) is 2.53. The highest BCUT2D eigenvalue weighted by atomic mass is 16.3. The molecule has 0 radical (unpaired) electrons. The SMILES string of the molecule is CCCc1ccc(-c2nc3ccc(CO)cn3c2N)cc1. The fraction of sp³-hybridized carbons (Fsp3) is 0.235. The van der Waals surface area contributed by atoms with Crippen molar-refractivity contribution in [2.45, 2.75) is 26.4 Å². The third kappa shape index (κ3) is 2.50. The van der Waals surface area contributed by atoms with Gasteiger partial charge in [-0.2, -0.15) is 0 Å². The van der Waals surface area contributed by atoms with Crippen molar-refractivity contribution in [3.8, 4) is 11.3 Å². The van der Waals surface area contributed by atoms with E-state index in [-0.39, 0.29) is 6.61 Å². The molecule has 0 aliphatic heterocycles. The van der Waals surface area contributed by atoms with Crippen LogP contribution in [0.2, 0.25) is 0 Å². The minimum absolute atomic E-state index is 0.00535. The van der Waals surface area contributed by atoms with Crippen LogP contribution in [0.3, 0.4) is 0 Å². The highest BCUT2D eigenvalue weighted by molar-refractivity contribution is 5.75. The number of aromatic nitrogens is 2. The summed E-state index contributed by atoms with van der Waals surface area (Å²) in [5.74, 6) is 0.601. The Morgan fingerprint density at radius 1 is 1.10 bits per heavy atom. The third-order valence-electron chi connectivity index (χ3n) is 3.67. The van der Waals surface area contributed by atoms with Gasteiger partial charge in [-0.1, -0.05) is 43.7 Å². The minimum Gasteiger partial charge on any atom is -0.392 e. The van der Waals surface area contributed by atoms with Crippen molar-refractivity contribution in [2.24, 2.45) is 0 Å².